The van der Waals surface area contributed by atoms with Gasteiger partial charge in [-0.15, -0.1) is 0 Å². The van der Waals surface area contributed by atoms with E-state index in [-0.39, 0.29) is 0 Å². The molecule has 1 fully saturated rings. The van der Waals surface area contributed by atoms with E-state index in [4.69, 9.17) is 18.9 Å². The standard InChI is InChI=1S/C36H38N2O6/c1-41-29-19-23-15-17-37-34(40)36(26-13-9-6-10-14-26)28-22-32(44-4)30(42-2)20-24(28)16-18-38(36)33(39)35(37,25-11-7-5-8-12-25)27(23)21-31(29)43-3/h5-14,19-22,33-34,39-40H,15-18H2,1-4H3/t33?,34?,35-,36-/m0/s1. The summed E-state index contributed by atoms with van der Waals surface area (Å²) in [4.78, 5) is 4.19. The highest BCUT2D eigenvalue weighted by Crippen LogP contribution is 2.59. The average Bonchev–Trinajstić information content (AvgIpc) is 3.08. The van der Waals surface area contributed by atoms with Gasteiger partial charge in [0.25, 0.3) is 0 Å². The highest BCUT2D eigenvalue weighted by Gasteiger charge is 2.67. The predicted molar refractivity (Wildman–Crippen MR) is 166 cm³/mol. The van der Waals surface area contributed by atoms with Crippen LogP contribution in [0.2, 0.25) is 0 Å². The maximum absolute atomic E-state index is 13.1. The van der Waals surface area contributed by atoms with Gasteiger partial charge in [0.2, 0.25) is 0 Å². The lowest BCUT2D eigenvalue weighted by Crippen LogP contribution is -2.79. The van der Waals surface area contributed by atoms with Gasteiger partial charge in [-0.1, -0.05) is 60.7 Å². The van der Waals surface area contributed by atoms with Gasteiger partial charge in [-0.05, 0) is 70.5 Å². The Morgan fingerprint density at radius 1 is 0.545 bits per heavy atom. The van der Waals surface area contributed by atoms with Gasteiger partial charge < -0.3 is 29.2 Å². The maximum atomic E-state index is 13.1. The third-order valence-electron chi connectivity index (χ3n) is 9.96. The minimum Gasteiger partial charge on any atom is -0.493 e. The van der Waals surface area contributed by atoms with Gasteiger partial charge in [-0.3, -0.25) is 9.80 Å². The monoisotopic (exact) mass is 594 g/mol. The average molecular weight is 595 g/mol. The molecule has 0 aromatic heterocycles. The molecular weight excluding hydrogens is 556 g/mol. The fourth-order valence-electron chi connectivity index (χ4n) is 8.09. The van der Waals surface area contributed by atoms with Crippen LogP contribution in [-0.4, -0.2) is 74.0 Å². The number of ether oxygens (including phenoxy) is 4. The van der Waals surface area contributed by atoms with Gasteiger partial charge in [-0.2, -0.15) is 0 Å². The molecule has 44 heavy (non-hydrogen) atoms. The normalized spacial score (nSPS) is 26.0. The molecule has 0 bridgehead atoms. The minimum absolute atomic E-state index is 0.501. The molecule has 0 spiro atoms. The van der Waals surface area contributed by atoms with Gasteiger partial charge in [0, 0.05) is 13.1 Å². The van der Waals surface area contributed by atoms with E-state index >= 15 is 0 Å². The first-order valence-electron chi connectivity index (χ1n) is 15.0. The second-order valence-electron chi connectivity index (χ2n) is 11.6. The van der Waals surface area contributed by atoms with E-state index in [9.17, 15) is 10.2 Å². The summed E-state index contributed by atoms with van der Waals surface area (Å²) in [6, 6.07) is 28.0. The number of methoxy groups -OCH3 is 4. The topological polar surface area (TPSA) is 83.9 Å². The Morgan fingerprint density at radius 2 is 0.886 bits per heavy atom. The Bertz CT molecular complexity index is 1560. The highest BCUT2D eigenvalue weighted by atomic mass is 16.5. The van der Waals surface area contributed by atoms with Gasteiger partial charge >= 0.3 is 0 Å². The number of benzene rings is 4. The van der Waals surface area contributed by atoms with Crippen molar-refractivity contribution in [2.75, 3.05) is 41.5 Å². The zero-order valence-corrected chi connectivity index (χ0v) is 25.5. The molecule has 0 amide bonds. The van der Waals surface area contributed by atoms with Crippen LogP contribution in [0, 0.1) is 0 Å². The highest BCUT2D eigenvalue weighted by molar-refractivity contribution is 5.59. The summed E-state index contributed by atoms with van der Waals surface area (Å²) in [5, 5.41) is 26.2. The van der Waals surface area contributed by atoms with Gasteiger partial charge in [0.05, 0.1) is 28.4 Å². The Hall–Kier alpha value is -4.08. The Labute approximate surface area is 258 Å². The lowest BCUT2D eigenvalue weighted by Gasteiger charge is -2.67. The molecule has 4 atom stereocenters. The Balaban J connectivity index is 1.55. The van der Waals surface area contributed by atoms with Crippen LogP contribution in [0.1, 0.15) is 33.4 Å². The first kappa shape index (κ1) is 28.7. The quantitative estimate of drug-likeness (QED) is 0.343. The van der Waals surface area contributed by atoms with Crippen LogP contribution in [0.15, 0.2) is 84.9 Å². The number of hydrogen-bond donors (Lipinski definition) is 2. The van der Waals surface area contributed by atoms with Crippen molar-refractivity contribution in [2.45, 2.75) is 36.4 Å². The minimum atomic E-state index is -1.11. The predicted octanol–water partition coefficient (Wildman–Crippen LogP) is 4.28. The largest absolute Gasteiger partial charge is 0.493 e. The van der Waals surface area contributed by atoms with Crippen LogP contribution in [0.4, 0.5) is 0 Å². The molecule has 4 aromatic rings. The maximum Gasteiger partial charge on any atom is 0.161 e. The van der Waals surface area contributed by atoms with Gasteiger partial charge in [-0.25, -0.2) is 0 Å². The van der Waals surface area contributed by atoms with Crippen molar-refractivity contribution >= 4 is 0 Å². The molecule has 8 nitrogen and oxygen atoms in total. The van der Waals surface area contributed by atoms with E-state index < -0.39 is 23.5 Å². The number of fused-ring (bicyclic) bond motifs is 6. The van der Waals surface area contributed by atoms with Crippen molar-refractivity contribution in [3.8, 4) is 23.0 Å². The van der Waals surface area contributed by atoms with Gasteiger partial charge in [0.1, 0.15) is 23.5 Å². The van der Waals surface area contributed by atoms with Crippen LogP contribution in [0.25, 0.3) is 0 Å². The number of nitrogens with zero attached hydrogens (tertiary/aromatic N) is 2. The molecule has 0 saturated carbocycles. The van der Waals surface area contributed by atoms with Crippen LogP contribution < -0.4 is 18.9 Å². The molecule has 3 heterocycles. The molecule has 3 aliphatic rings. The summed E-state index contributed by atoms with van der Waals surface area (Å²) in [5.74, 6) is 2.43. The number of aliphatic hydroxyl groups is 2. The van der Waals surface area contributed by atoms with E-state index in [0.29, 0.717) is 48.9 Å². The second-order valence-corrected chi connectivity index (χ2v) is 11.6. The molecule has 1 saturated heterocycles. The first-order valence-corrected chi connectivity index (χ1v) is 15.0. The van der Waals surface area contributed by atoms with E-state index in [0.717, 1.165) is 33.4 Å². The third kappa shape index (κ3) is 3.72. The number of rotatable bonds is 6. The van der Waals surface area contributed by atoms with E-state index in [1.54, 1.807) is 28.4 Å². The van der Waals surface area contributed by atoms with Crippen molar-refractivity contribution in [1.29, 1.82) is 0 Å². The van der Waals surface area contributed by atoms with E-state index in [1.165, 1.54) is 0 Å². The fraction of sp³-hybridized carbons (Fsp3) is 0.333. The molecule has 8 heteroatoms. The summed E-state index contributed by atoms with van der Waals surface area (Å²) in [7, 11) is 6.51. The van der Waals surface area contributed by atoms with Crippen LogP contribution in [0.3, 0.4) is 0 Å². The van der Waals surface area contributed by atoms with Crippen LogP contribution in [0.5, 0.6) is 23.0 Å². The molecule has 3 aliphatic heterocycles. The summed E-state index contributed by atoms with van der Waals surface area (Å²) in [5.41, 5.74) is 3.42. The summed E-state index contributed by atoms with van der Waals surface area (Å²) >= 11 is 0. The SMILES string of the molecule is COc1cc2c(cc1OC)[C@@]1(c3ccccc3)C(O)N3CCc4cc(OC)c(OC)cc4[C@@]3(c3ccccc3)C(O)N1CC2. The van der Waals surface area contributed by atoms with Crippen molar-refractivity contribution in [3.63, 3.8) is 0 Å². The Kier molecular flexibility index (Phi) is 7.05. The molecule has 2 N–H and O–H groups in total. The van der Waals surface area contributed by atoms with Gasteiger partial charge in [0.15, 0.2) is 23.0 Å². The van der Waals surface area contributed by atoms with Crippen molar-refractivity contribution in [3.05, 3.63) is 118 Å². The van der Waals surface area contributed by atoms with E-state index in [1.807, 2.05) is 84.9 Å². The lowest BCUT2D eigenvalue weighted by molar-refractivity contribution is -0.269. The summed E-state index contributed by atoms with van der Waals surface area (Å²) in [6.45, 7) is 1.00. The number of aliphatic hydroxyl groups excluding tert-OH is 2. The van der Waals surface area contributed by atoms with E-state index in [2.05, 4.69) is 9.80 Å². The first-order chi connectivity index (χ1) is 21.5. The zero-order valence-electron chi connectivity index (χ0n) is 25.5. The molecule has 7 rings (SSSR count). The third-order valence-corrected chi connectivity index (χ3v) is 9.96. The fourth-order valence-corrected chi connectivity index (χ4v) is 8.09. The Morgan fingerprint density at radius 3 is 1.23 bits per heavy atom. The van der Waals surface area contributed by atoms with Crippen LogP contribution in [-0.2, 0) is 23.9 Å². The summed E-state index contributed by atoms with van der Waals surface area (Å²) < 4.78 is 22.9. The lowest BCUT2D eigenvalue weighted by atomic mass is 9.64. The van der Waals surface area contributed by atoms with Crippen LogP contribution >= 0.6 is 0 Å². The summed E-state index contributed by atoms with van der Waals surface area (Å²) in [6.07, 6.45) is -0.825. The number of hydrogen-bond acceptors (Lipinski definition) is 8. The molecule has 4 aromatic carbocycles. The molecule has 0 aliphatic carbocycles. The zero-order chi connectivity index (χ0) is 30.6. The smallest absolute Gasteiger partial charge is 0.161 e. The van der Waals surface area contributed by atoms with Crippen molar-refractivity contribution in [1.82, 2.24) is 9.80 Å². The number of piperazine rings is 1. The van der Waals surface area contributed by atoms with Crippen molar-refractivity contribution in [2.24, 2.45) is 0 Å². The molecule has 0 radical (unpaired) electrons. The second kappa shape index (κ2) is 10.8. The molecular formula is C36H38N2O6. The van der Waals surface area contributed by atoms with Crippen molar-refractivity contribution < 1.29 is 29.2 Å². The molecule has 228 valence electrons. The molecule has 2 unspecified atom stereocenters.